The Labute approximate surface area is 206 Å². The van der Waals surface area contributed by atoms with Gasteiger partial charge in [0.1, 0.15) is 23.2 Å². The molecule has 1 aliphatic carbocycles. The highest BCUT2D eigenvalue weighted by atomic mass is 19.1. The maximum atomic E-state index is 15.6. The molecule has 1 heterocycles. The van der Waals surface area contributed by atoms with Crippen LogP contribution in [-0.4, -0.2) is 32.9 Å². The molecular weight excluding hydrogens is 451 g/mol. The van der Waals surface area contributed by atoms with Crippen LogP contribution >= 0.6 is 0 Å². The summed E-state index contributed by atoms with van der Waals surface area (Å²) in [6.07, 6.45) is 5.72. The Bertz CT molecular complexity index is 1130. The molecule has 6 nitrogen and oxygen atoms in total. The lowest BCUT2D eigenvalue weighted by Gasteiger charge is -2.33. The maximum Gasteiger partial charge on any atom is 0.309 e. The van der Waals surface area contributed by atoms with Crippen molar-refractivity contribution in [2.45, 2.75) is 57.7 Å². The molecule has 2 atom stereocenters. The Morgan fingerprint density at radius 3 is 2.31 bits per heavy atom. The van der Waals surface area contributed by atoms with Crippen LogP contribution in [0, 0.1) is 11.7 Å². The van der Waals surface area contributed by atoms with Crippen molar-refractivity contribution in [1.82, 2.24) is 0 Å². The highest BCUT2D eigenvalue weighted by Gasteiger charge is 2.36. The molecule has 4 rings (SSSR count). The van der Waals surface area contributed by atoms with Gasteiger partial charge in [0.05, 0.1) is 32.8 Å². The summed E-state index contributed by atoms with van der Waals surface area (Å²) >= 11 is 0. The third kappa shape index (κ3) is 4.68. The van der Waals surface area contributed by atoms with Gasteiger partial charge in [-0.3, -0.25) is 4.79 Å². The molecule has 0 aromatic heterocycles. The van der Waals surface area contributed by atoms with Crippen molar-refractivity contribution in [2.24, 2.45) is 5.92 Å². The fourth-order valence-corrected chi connectivity index (χ4v) is 4.62. The number of ether oxygens (including phenoxy) is 5. The number of benzene rings is 2. The second-order valence-corrected chi connectivity index (χ2v) is 9.62. The minimum absolute atomic E-state index is 0.0110. The molecule has 0 amide bonds. The molecule has 35 heavy (non-hydrogen) atoms. The van der Waals surface area contributed by atoms with Crippen molar-refractivity contribution in [3.63, 3.8) is 0 Å². The first-order chi connectivity index (χ1) is 16.7. The first-order valence-electron chi connectivity index (χ1n) is 11.9. The van der Waals surface area contributed by atoms with Crippen LogP contribution in [-0.2, 0) is 9.53 Å². The highest BCUT2D eigenvalue weighted by Crippen LogP contribution is 2.47. The first-order valence-corrected chi connectivity index (χ1v) is 11.9. The summed E-state index contributed by atoms with van der Waals surface area (Å²) in [7, 11) is 4.42. The van der Waals surface area contributed by atoms with E-state index in [0.29, 0.717) is 28.4 Å². The topological polar surface area (TPSA) is 63.2 Å². The number of carbonyl (C=O) groups is 1. The molecular formula is C28H33FO6. The average Bonchev–Trinajstić information content (AvgIpc) is 2.79. The van der Waals surface area contributed by atoms with E-state index < -0.39 is 23.4 Å². The first kappa shape index (κ1) is 24.9. The summed E-state index contributed by atoms with van der Waals surface area (Å²) in [4.78, 5) is 13.0. The molecule has 0 N–H and O–H groups in total. The summed E-state index contributed by atoms with van der Waals surface area (Å²) < 4.78 is 44.1. The smallest absolute Gasteiger partial charge is 0.309 e. The second-order valence-electron chi connectivity index (χ2n) is 9.62. The van der Waals surface area contributed by atoms with E-state index in [9.17, 15) is 4.79 Å². The van der Waals surface area contributed by atoms with Gasteiger partial charge < -0.3 is 23.7 Å². The van der Waals surface area contributed by atoms with Crippen molar-refractivity contribution in [1.29, 1.82) is 0 Å². The molecule has 1 aliphatic heterocycles. The minimum atomic E-state index is -0.792. The van der Waals surface area contributed by atoms with Gasteiger partial charge in [0.2, 0.25) is 0 Å². The Morgan fingerprint density at radius 1 is 1.03 bits per heavy atom. The van der Waals surface area contributed by atoms with E-state index in [1.54, 1.807) is 19.2 Å². The zero-order valence-electron chi connectivity index (χ0n) is 21.1. The van der Waals surface area contributed by atoms with E-state index in [4.69, 9.17) is 23.7 Å². The molecule has 0 radical (unpaired) electrons. The lowest BCUT2D eigenvalue weighted by Crippen LogP contribution is -2.29. The summed E-state index contributed by atoms with van der Waals surface area (Å²) in [6, 6.07) is 6.98. The normalized spacial score (nSPS) is 17.9. The lowest BCUT2D eigenvalue weighted by molar-refractivity contribution is -0.158. The van der Waals surface area contributed by atoms with Gasteiger partial charge >= 0.3 is 5.97 Å². The Kier molecular flexibility index (Phi) is 6.97. The molecule has 0 spiro atoms. The zero-order valence-corrected chi connectivity index (χ0v) is 21.1. The minimum Gasteiger partial charge on any atom is -0.496 e. The highest BCUT2D eigenvalue weighted by molar-refractivity contribution is 5.74. The summed E-state index contributed by atoms with van der Waals surface area (Å²) in [6.45, 7) is 5.77. The fourth-order valence-electron chi connectivity index (χ4n) is 4.62. The van der Waals surface area contributed by atoms with Gasteiger partial charge in [0.15, 0.2) is 17.3 Å². The average molecular weight is 485 g/mol. The van der Waals surface area contributed by atoms with Crippen molar-refractivity contribution < 1.29 is 32.9 Å². The number of halogens is 1. The van der Waals surface area contributed by atoms with Crippen LogP contribution in [0.3, 0.4) is 0 Å². The summed E-state index contributed by atoms with van der Waals surface area (Å²) in [5.74, 6) is 0.00794. The Morgan fingerprint density at radius 2 is 1.71 bits per heavy atom. The van der Waals surface area contributed by atoms with Gasteiger partial charge in [-0.15, -0.1) is 0 Å². The van der Waals surface area contributed by atoms with Crippen LogP contribution in [0.15, 0.2) is 30.3 Å². The number of rotatable bonds is 8. The molecule has 2 aliphatic rings. The van der Waals surface area contributed by atoms with E-state index >= 15 is 4.39 Å². The van der Waals surface area contributed by atoms with Crippen LogP contribution < -0.4 is 18.9 Å². The van der Waals surface area contributed by atoms with Crippen molar-refractivity contribution in [3.8, 4) is 23.0 Å². The van der Waals surface area contributed by atoms with Gasteiger partial charge in [0, 0.05) is 11.5 Å². The van der Waals surface area contributed by atoms with Gasteiger partial charge in [-0.2, -0.15) is 0 Å². The van der Waals surface area contributed by atoms with E-state index in [1.165, 1.54) is 14.2 Å². The fraction of sp³-hybridized carbons (Fsp3) is 0.464. The number of hydrogen-bond acceptors (Lipinski definition) is 6. The summed E-state index contributed by atoms with van der Waals surface area (Å²) in [5, 5.41) is 0. The van der Waals surface area contributed by atoms with Gasteiger partial charge in [-0.05, 0) is 62.6 Å². The van der Waals surface area contributed by atoms with Crippen molar-refractivity contribution >= 4 is 12.0 Å². The van der Waals surface area contributed by atoms with Crippen LogP contribution in [0.1, 0.15) is 68.7 Å². The molecule has 1 fully saturated rings. The number of carbonyl (C=O) groups excluding carboxylic acids is 1. The molecule has 2 aromatic rings. The van der Waals surface area contributed by atoms with E-state index in [2.05, 4.69) is 0 Å². The van der Waals surface area contributed by atoms with E-state index in [-0.39, 0.29) is 17.6 Å². The van der Waals surface area contributed by atoms with Gasteiger partial charge in [-0.25, -0.2) is 4.39 Å². The number of esters is 1. The van der Waals surface area contributed by atoms with Crippen LogP contribution in [0.25, 0.3) is 6.08 Å². The molecule has 0 saturated heterocycles. The second kappa shape index (κ2) is 9.80. The molecule has 188 valence electrons. The van der Waals surface area contributed by atoms with Crippen LogP contribution in [0.2, 0.25) is 0 Å². The monoisotopic (exact) mass is 484 g/mol. The largest absolute Gasteiger partial charge is 0.496 e. The van der Waals surface area contributed by atoms with Gasteiger partial charge in [-0.1, -0.05) is 19.4 Å². The van der Waals surface area contributed by atoms with E-state index in [1.807, 2.05) is 45.1 Å². The number of hydrogen-bond donors (Lipinski definition) is 0. The molecule has 7 heteroatoms. The van der Waals surface area contributed by atoms with Crippen molar-refractivity contribution in [2.75, 3.05) is 21.3 Å². The Balaban J connectivity index is 1.81. The van der Waals surface area contributed by atoms with Crippen LogP contribution in [0.4, 0.5) is 4.39 Å². The lowest BCUT2D eigenvalue weighted by atomic mass is 9.84. The standard InChI is InChI=1S/C28H33FO6/c1-16(18-10-13-22(31-4)26(33-6)23(18)29)24(34-27(30)17-8-7-9-17)20-11-12-21-19(25(20)32-5)14-15-28(2,3)35-21/h10-17,24H,7-9H2,1-6H3. The molecule has 0 bridgehead atoms. The predicted molar refractivity (Wildman–Crippen MR) is 131 cm³/mol. The van der Waals surface area contributed by atoms with Crippen molar-refractivity contribution in [3.05, 3.63) is 52.8 Å². The third-order valence-electron chi connectivity index (χ3n) is 6.86. The Hall–Kier alpha value is -3.22. The third-order valence-corrected chi connectivity index (χ3v) is 6.86. The molecule has 1 saturated carbocycles. The quantitative estimate of drug-likeness (QED) is 0.414. The maximum absolute atomic E-state index is 15.6. The SMILES string of the molecule is COc1ccc(C(C)C(OC(=O)C2CCC2)c2ccc3c(c2OC)C=CC(C)(C)O3)c(F)c1OC. The van der Waals surface area contributed by atoms with E-state index in [0.717, 1.165) is 24.8 Å². The predicted octanol–water partition coefficient (Wildman–Crippen LogP) is 6.22. The van der Waals surface area contributed by atoms with Gasteiger partial charge in [0.25, 0.3) is 0 Å². The van der Waals surface area contributed by atoms with Crippen LogP contribution in [0.5, 0.6) is 23.0 Å². The number of fused-ring (bicyclic) bond motifs is 1. The zero-order chi connectivity index (χ0) is 25.3. The summed E-state index contributed by atoms with van der Waals surface area (Å²) in [5.41, 5.74) is 1.30. The molecule has 2 aromatic carbocycles. The molecule has 2 unspecified atom stereocenters. The number of methoxy groups -OCH3 is 3.